The van der Waals surface area contributed by atoms with Gasteiger partial charge in [-0.2, -0.15) is 0 Å². The molecule has 1 aliphatic rings. The van der Waals surface area contributed by atoms with Gasteiger partial charge < -0.3 is 9.84 Å². The second-order valence-corrected chi connectivity index (χ2v) is 4.01. The quantitative estimate of drug-likeness (QED) is 0.662. The van der Waals surface area contributed by atoms with Crippen molar-refractivity contribution in [1.29, 1.82) is 0 Å². The van der Waals surface area contributed by atoms with E-state index in [9.17, 15) is 9.90 Å². The van der Waals surface area contributed by atoms with E-state index in [0.29, 0.717) is 6.61 Å². The zero-order valence-electron chi connectivity index (χ0n) is 8.54. The molecule has 0 radical (unpaired) electrons. The minimum absolute atomic E-state index is 0.182. The summed E-state index contributed by atoms with van der Waals surface area (Å²) in [5.41, 5.74) is -0.883. The minimum atomic E-state index is -0.883. The number of rotatable bonds is 2. The standard InChI is InChI=1S/C10H18O3/c1-4-13-9(11)8-6-5-7(2)10(8,3)12/h7-8,12H,4-6H2,1-3H3/t7-,8+,10+/m0/s1. The van der Waals surface area contributed by atoms with Crippen LogP contribution in [0.5, 0.6) is 0 Å². The molecule has 3 heteroatoms. The van der Waals surface area contributed by atoms with Gasteiger partial charge in [0.15, 0.2) is 0 Å². The Balaban J connectivity index is 2.66. The van der Waals surface area contributed by atoms with Gasteiger partial charge in [-0.05, 0) is 32.6 Å². The highest BCUT2D eigenvalue weighted by Gasteiger charge is 2.47. The molecule has 0 amide bonds. The van der Waals surface area contributed by atoms with Crippen LogP contribution < -0.4 is 0 Å². The summed E-state index contributed by atoms with van der Waals surface area (Å²) in [6.45, 7) is 5.87. The van der Waals surface area contributed by atoms with Gasteiger partial charge in [0.1, 0.15) is 0 Å². The first-order valence-corrected chi connectivity index (χ1v) is 4.89. The highest BCUT2D eigenvalue weighted by molar-refractivity contribution is 5.74. The topological polar surface area (TPSA) is 46.5 Å². The molecule has 0 unspecified atom stereocenters. The Labute approximate surface area is 79.1 Å². The highest BCUT2D eigenvalue weighted by Crippen LogP contribution is 2.40. The predicted molar refractivity (Wildman–Crippen MR) is 49.1 cm³/mol. The van der Waals surface area contributed by atoms with Crippen LogP contribution in [0.25, 0.3) is 0 Å². The van der Waals surface area contributed by atoms with Gasteiger partial charge in [0.25, 0.3) is 0 Å². The van der Waals surface area contributed by atoms with Gasteiger partial charge in [-0.25, -0.2) is 0 Å². The van der Waals surface area contributed by atoms with Crippen molar-refractivity contribution in [2.45, 2.75) is 39.2 Å². The molecule has 0 aromatic heterocycles. The normalized spacial score (nSPS) is 39.1. The molecule has 0 saturated heterocycles. The Morgan fingerprint density at radius 3 is 2.62 bits per heavy atom. The number of hydrogen-bond acceptors (Lipinski definition) is 3. The average Bonchev–Trinajstić information content (AvgIpc) is 2.28. The van der Waals surface area contributed by atoms with Crippen LogP contribution in [0.15, 0.2) is 0 Å². The largest absolute Gasteiger partial charge is 0.466 e. The van der Waals surface area contributed by atoms with Crippen molar-refractivity contribution in [3.63, 3.8) is 0 Å². The van der Waals surface area contributed by atoms with E-state index in [1.54, 1.807) is 13.8 Å². The second kappa shape index (κ2) is 3.66. The molecule has 1 aliphatic carbocycles. The van der Waals surface area contributed by atoms with Gasteiger partial charge in [0.05, 0.1) is 18.1 Å². The summed E-state index contributed by atoms with van der Waals surface area (Å²) < 4.78 is 4.91. The van der Waals surface area contributed by atoms with Crippen LogP contribution >= 0.6 is 0 Å². The van der Waals surface area contributed by atoms with Crippen molar-refractivity contribution in [2.24, 2.45) is 11.8 Å². The van der Waals surface area contributed by atoms with Crippen molar-refractivity contribution in [3.05, 3.63) is 0 Å². The van der Waals surface area contributed by atoms with Crippen molar-refractivity contribution < 1.29 is 14.6 Å². The highest BCUT2D eigenvalue weighted by atomic mass is 16.5. The first-order chi connectivity index (χ1) is 6.00. The second-order valence-electron chi connectivity index (χ2n) is 4.01. The van der Waals surface area contributed by atoms with Gasteiger partial charge in [0, 0.05) is 0 Å². The first kappa shape index (κ1) is 10.5. The molecule has 13 heavy (non-hydrogen) atoms. The number of ether oxygens (including phenoxy) is 1. The van der Waals surface area contributed by atoms with Crippen LogP contribution in [0.3, 0.4) is 0 Å². The molecule has 0 heterocycles. The van der Waals surface area contributed by atoms with Crippen molar-refractivity contribution in [2.75, 3.05) is 6.61 Å². The zero-order valence-corrected chi connectivity index (χ0v) is 8.54. The summed E-state index contributed by atoms with van der Waals surface area (Å²) in [5.74, 6) is -0.402. The van der Waals surface area contributed by atoms with E-state index in [-0.39, 0.29) is 17.8 Å². The van der Waals surface area contributed by atoms with E-state index in [4.69, 9.17) is 4.74 Å². The fraction of sp³-hybridized carbons (Fsp3) is 0.900. The lowest BCUT2D eigenvalue weighted by atomic mass is 9.87. The molecule has 0 bridgehead atoms. The molecular formula is C10H18O3. The molecule has 1 saturated carbocycles. The molecule has 1 fully saturated rings. The third-order valence-electron chi connectivity index (χ3n) is 3.16. The third kappa shape index (κ3) is 1.85. The summed E-state index contributed by atoms with van der Waals surface area (Å²) in [4.78, 5) is 11.4. The van der Waals surface area contributed by atoms with Gasteiger partial charge >= 0.3 is 5.97 Å². The maximum Gasteiger partial charge on any atom is 0.311 e. The SMILES string of the molecule is CCOC(=O)[C@H]1CC[C@H](C)[C@@]1(C)O. The van der Waals surface area contributed by atoms with Crippen molar-refractivity contribution >= 4 is 5.97 Å². The zero-order chi connectivity index (χ0) is 10.1. The smallest absolute Gasteiger partial charge is 0.311 e. The molecule has 3 atom stereocenters. The monoisotopic (exact) mass is 186 g/mol. The Kier molecular flexibility index (Phi) is 2.96. The Morgan fingerprint density at radius 1 is 1.62 bits per heavy atom. The number of esters is 1. The third-order valence-corrected chi connectivity index (χ3v) is 3.16. The van der Waals surface area contributed by atoms with E-state index in [0.717, 1.165) is 12.8 Å². The summed E-state index contributed by atoms with van der Waals surface area (Å²) in [7, 11) is 0. The van der Waals surface area contributed by atoms with Gasteiger partial charge in [-0.15, -0.1) is 0 Å². The molecule has 0 aliphatic heterocycles. The molecule has 3 nitrogen and oxygen atoms in total. The lowest BCUT2D eigenvalue weighted by Gasteiger charge is -2.27. The average molecular weight is 186 g/mol. The van der Waals surface area contributed by atoms with Crippen LogP contribution in [-0.2, 0) is 9.53 Å². The van der Waals surface area contributed by atoms with Gasteiger partial charge in [-0.1, -0.05) is 6.92 Å². The molecule has 1 N–H and O–H groups in total. The first-order valence-electron chi connectivity index (χ1n) is 4.89. The number of hydrogen-bond donors (Lipinski definition) is 1. The molecule has 1 rings (SSSR count). The van der Waals surface area contributed by atoms with Crippen molar-refractivity contribution in [1.82, 2.24) is 0 Å². The van der Waals surface area contributed by atoms with Crippen LogP contribution in [-0.4, -0.2) is 23.3 Å². The van der Waals surface area contributed by atoms with Crippen LogP contribution in [0, 0.1) is 11.8 Å². The Morgan fingerprint density at radius 2 is 2.23 bits per heavy atom. The molecular weight excluding hydrogens is 168 g/mol. The fourth-order valence-corrected chi connectivity index (χ4v) is 1.94. The van der Waals surface area contributed by atoms with E-state index >= 15 is 0 Å². The lowest BCUT2D eigenvalue weighted by Crippen LogP contribution is -2.39. The summed E-state index contributed by atoms with van der Waals surface area (Å²) >= 11 is 0. The molecule has 0 aromatic carbocycles. The maximum absolute atomic E-state index is 11.4. The predicted octanol–water partition coefficient (Wildman–Crippen LogP) is 1.35. The summed E-state index contributed by atoms with van der Waals surface area (Å²) in [6.07, 6.45) is 1.64. The van der Waals surface area contributed by atoms with Crippen molar-refractivity contribution in [3.8, 4) is 0 Å². The van der Waals surface area contributed by atoms with E-state index in [1.807, 2.05) is 6.92 Å². The molecule has 76 valence electrons. The number of aliphatic hydroxyl groups is 1. The Hall–Kier alpha value is -0.570. The van der Waals surface area contributed by atoms with E-state index < -0.39 is 5.60 Å². The lowest BCUT2D eigenvalue weighted by molar-refractivity contribution is -0.156. The Bertz CT molecular complexity index is 198. The van der Waals surface area contributed by atoms with Gasteiger partial charge in [-0.3, -0.25) is 4.79 Å². The molecule has 0 aromatic rings. The van der Waals surface area contributed by atoms with Crippen LogP contribution in [0.2, 0.25) is 0 Å². The van der Waals surface area contributed by atoms with Crippen LogP contribution in [0.4, 0.5) is 0 Å². The number of carbonyl (C=O) groups is 1. The minimum Gasteiger partial charge on any atom is -0.466 e. The van der Waals surface area contributed by atoms with Gasteiger partial charge in [0.2, 0.25) is 0 Å². The van der Waals surface area contributed by atoms with E-state index in [1.165, 1.54) is 0 Å². The fourth-order valence-electron chi connectivity index (χ4n) is 1.94. The summed E-state index contributed by atoms with van der Waals surface area (Å²) in [6, 6.07) is 0. The van der Waals surface area contributed by atoms with E-state index in [2.05, 4.69) is 0 Å². The maximum atomic E-state index is 11.4. The number of carbonyl (C=O) groups excluding carboxylic acids is 1. The molecule has 0 spiro atoms. The summed E-state index contributed by atoms with van der Waals surface area (Å²) in [5, 5.41) is 10.0. The van der Waals surface area contributed by atoms with Crippen LogP contribution in [0.1, 0.15) is 33.6 Å².